The predicted octanol–water partition coefficient (Wildman–Crippen LogP) is -0.573. The summed E-state index contributed by atoms with van der Waals surface area (Å²) in [5, 5.41) is 4.83. The quantitative estimate of drug-likeness (QED) is 0.428. The van der Waals surface area contributed by atoms with Crippen LogP contribution in [0, 0.1) is 0 Å². The van der Waals surface area contributed by atoms with E-state index >= 15 is 0 Å². The smallest absolute Gasteiger partial charge is 0.249 e. The number of amides is 3. The normalized spacial score (nSPS) is 19.9. The van der Waals surface area contributed by atoms with Crippen molar-refractivity contribution in [2.45, 2.75) is 44.6 Å². The number of piperidine rings is 1. The highest BCUT2D eigenvalue weighted by Gasteiger charge is 2.27. The van der Waals surface area contributed by atoms with E-state index in [0.717, 1.165) is 19.3 Å². The summed E-state index contributed by atoms with van der Waals surface area (Å²) in [5.41, 5.74) is 5.34. The van der Waals surface area contributed by atoms with E-state index in [1.165, 1.54) is 0 Å². The summed E-state index contributed by atoms with van der Waals surface area (Å²) in [7, 11) is 0. The monoisotopic (exact) mass is 241 g/mol. The Bertz CT molecular complexity index is 304. The molecular weight excluding hydrogens is 222 g/mol. The fourth-order valence-corrected chi connectivity index (χ4v) is 1.70. The van der Waals surface area contributed by atoms with Gasteiger partial charge in [-0.05, 0) is 25.8 Å². The number of carbonyl (C=O) groups is 3. The summed E-state index contributed by atoms with van der Waals surface area (Å²) in [6.45, 7) is 0.634. The lowest BCUT2D eigenvalue weighted by molar-refractivity contribution is -0.137. The van der Waals surface area contributed by atoms with Crippen molar-refractivity contribution in [1.29, 1.82) is 0 Å². The van der Waals surface area contributed by atoms with Gasteiger partial charge in [-0.3, -0.25) is 19.7 Å². The third-order valence-corrected chi connectivity index (χ3v) is 2.68. The molecule has 1 atom stereocenters. The van der Waals surface area contributed by atoms with Gasteiger partial charge in [0.05, 0.1) is 0 Å². The zero-order valence-corrected chi connectivity index (χ0v) is 9.83. The van der Waals surface area contributed by atoms with Crippen LogP contribution in [0.4, 0.5) is 0 Å². The van der Waals surface area contributed by atoms with Crippen LogP contribution in [0.25, 0.3) is 0 Å². The Morgan fingerprint density at radius 3 is 2.76 bits per heavy atom. The molecule has 0 radical (unpaired) electrons. The second kappa shape index (κ2) is 7.01. The van der Waals surface area contributed by atoms with Crippen LogP contribution in [0.3, 0.4) is 0 Å². The molecule has 0 spiro atoms. The SMILES string of the molecule is NCCCCCC(=O)NC1CCC(=O)NC1=O. The first-order valence-electron chi connectivity index (χ1n) is 5.96. The van der Waals surface area contributed by atoms with E-state index in [1.54, 1.807) is 0 Å². The van der Waals surface area contributed by atoms with Gasteiger partial charge in [-0.2, -0.15) is 0 Å². The fraction of sp³-hybridized carbons (Fsp3) is 0.727. The molecule has 1 fully saturated rings. The molecule has 0 bridgehead atoms. The Hall–Kier alpha value is -1.43. The van der Waals surface area contributed by atoms with Gasteiger partial charge in [-0.15, -0.1) is 0 Å². The molecule has 1 aliphatic heterocycles. The highest BCUT2D eigenvalue weighted by Crippen LogP contribution is 2.05. The van der Waals surface area contributed by atoms with Crippen LogP contribution >= 0.6 is 0 Å². The number of nitrogens with two attached hydrogens (primary N) is 1. The molecule has 6 heteroatoms. The second-order valence-electron chi connectivity index (χ2n) is 4.17. The van der Waals surface area contributed by atoms with Crippen LogP contribution in [0.5, 0.6) is 0 Å². The highest BCUT2D eigenvalue weighted by molar-refractivity contribution is 6.01. The maximum Gasteiger partial charge on any atom is 0.249 e. The first kappa shape index (κ1) is 13.6. The summed E-state index contributed by atoms with van der Waals surface area (Å²) in [5.74, 6) is -0.823. The average Bonchev–Trinajstić information content (AvgIpc) is 2.28. The average molecular weight is 241 g/mol. The van der Waals surface area contributed by atoms with Gasteiger partial charge in [-0.1, -0.05) is 6.42 Å². The lowest BCUT2D eigenvalue weighted by Crippen LogP contribution is -2.52. The molecule has 1 heterocycles. The fourth-order valence-electron chi connectivity index (χ4n) is 1.70. The highest BCUT2D eigenvalue weighted by atomic mass is 16.2. The van der Waals surface area contributed by atoms with Gasteiger partial charge in [0.1, 0.15) is 6.04 Å². The number of imide groups is 1. The van der Waals surface area contributed by atoms with E-state index in [9.17, 15) is 14.4 Å². The third kappa shape index (κ3) is 4.95. The summed E-state index contributed by atoms with van der Waals surface area (Å²) in [4.78, 5) is 33.7. The van der Waals surface area contributed by atoms with Crippen molar-refractivity contribution in [3.63, 3.8) is 0 Å². The molecule has 1 aliphatic rings. The minimum Gasteiger partial charge on any atom is -0.344 e. The maximum absolute atomic E-state index is 11.5. The Labute approximate surface area is 100 Å². The Kier molecular flexibility index (Phi) is 5.62. The number of hydrogen-bond acceptors (Lipinski definition) is 4. The molecule has 17 heavy (non-hydrogen) atoms. The standard InChI is InChI=1S/C11H19N3O3/c12-7-3-1-2-4-9(15)13-8-5-6-10(16)14-11(8)17/h8H,1-7,12H2,(H,13,15)(H,14,16,17). The largest absolute Gasteiger partial charge is 0.344 e. The molecule has 96 valence electrons. The molecule has 0 aromatic carbocycles. The summed E-state index contributed by atoms with van der Waals surface area (Å²) >= 11 is 0. The summed E-state index contributed by atoms with van der Waals surface area (Å²) < 4.78 is 0. The van der Waals surface area contributed by atoms with Gasteiger partial charge in [0.15, 0.2) is 0 Å². The van der Waals surface area contributed by atoms with Crippen LogP contribution < -0.4 is 16.4 Å². The molecule has 0 aliphatic carbocycles. The van der Waals surface area contributed by atoms with Gasteiger partial charge in [0.2, 0.25) is 17.7 Å². The van der Waals surface area contributed by atoms with Crippen molar-refractivity contribution < 1.29 is 14.4 Å². The molecule has 1 rings (SSSR count). The van der Waals surface area contributed by atoms with E-state index in [0.29, 0.717) is 19.4 Å². The minimum atomic E-state index is -0.560. The zero-order chi connectivity index (χ0) is 12.7. The molecule has 4 N–H and O–H groups in total. The minimum absolute atomic E-state index is 0.142. The van der Waals surface area contributed by atoms with E-state index in [1.807, 2.05) is 0 Å². The number of rotatable bonds is 6. The number of unbranched alkanes of at least 4 members (excludes halogenated alkanes) is 2. The molecule has 3 amide bonds. The van der Waals surface area contributed by atoms with E-state index in [4.69, 9.17) is 5.73 Å². The van der Waals surface area contributed by atoms with Gasteiger partial charge in [0.25, 0.3) is 0 Å². The van der Waals surface area contributed by atoms with Crippen molar-refractivity contribution in [3.05, 3.63) is 0 Å². The number of hydrogen-bond donors (Lipinski definition) is 3. The van der Waals surface area contributed by atoms with E-state index in [2.05, 4.69) is 10.6 Å². The first-order valence-corrected chi connectivity index (χ1v) is 5.96. The van der Waals surface area contributed by atoms with Crippen LogP contribution in [0.1, 0.15) is 38.5 Å². The van der Waals surface area contributed by atoms with Crippen molar-refractivity contribution in [2.24, 2.45) is 5.73 Å². The number of carbonyl (C=O) groups excluding carboxylic acids is 3. The molecule has 1 saturated heterocycles. The third-order valence-electron chi connectivity index (χ3n) is 2.68. The molecule has 1 unspecified atom stereocenters. The van der Waals surface area contributed by atoms with Crippen LogP contribution in [0.2, 0.25) is 0 Å². The molecule has 0 aromatic heterocycles. The predicted molar refractivity (Wildman–Crippen MR) is 61.8 cm³/mol. The molecule has 0 saturated carbocycles. The van der Waals surface area contributed by atoms with Gasteiger partial charge >= 0.3 is 0 Å². The molecular formula is C11H19N3O3. The lowest BCUT2D eigenvalue weighted by atomic mass is 10.1. The Balaban J connectivity index is 2.21. The zero-order valence-electron chi connectivity index (χ0n) is 9.83. The Morgan fingerprint density at radius 1 is 1.35 bits per heavy atom. The van der Waals surface area contributed by atoms with Crippen LogP contribution in [-0.4, -0.2) is 30.3 Å². The van der Waals surface area contributed by atoms with E-state index < -0.39 is 11.9 Å². The summed E-state index contributed by atoms with van der Waals surface area (Å²) in [6, 6.07) is -0.560. The summed E-state index contributed by atoms with van der Waals surface area (Å²) in [6.07, 6.45) is 3.67. The van der Waals surface area contributed by atoms with Crippen LogP contribution in [0.15, 0.2) is 0 Å². The van der Waals surface area contributed by atoms with Crippen molar-refractivity contribution in [3.8, 4) is 0 Å². The van der Waals surface area contributed by atoms with Crippen molar-refractivity contribution in [1.82, 2.24) is 10.6 Å². The van der Waals surface area contributed by atoms with Crippen LogP contribution in [-0.2, 0) is 14.4 Å². The lowest BCUT2D eigenvalue weighted by Gasteiger charge is -2.21. The van der Waals surface area contributed by atoms with Crippen molar-refractivity contribution >= 4 is 17.7 Å². The molecule has 0 aromatic rings. The number of nitrogens with one attached hydrogen (secondary N) is 2. The maximum atomic E-state index is 11.5. The van der Waals surface area contributed by atoms with Gasteiger partial charge in [0, 0.05) is 12.8 Å². The Morgan fingerprint density at radius 2 is 2.12 bits per heavy atom. The van der Waals surface area contributed by atoms with Gasteiger partial charge < -0.3 is 11.1 Å². The molecule has 6 nitrogen and oxygen atoms in total. The van der Waals surface area contributed by atoms with Gasteiger partial charge in [-0.25, -0.2) is 0 Å². The topological polar surface area (TPSA) is 101 Å². The van der Waals surface area contributed by atoms with Crippen molar-refractivity contribution in [2.75, 3.05) is 6.54 Å². The second-order valence-corrected chi connectivity index (χ2v) is 4.17. The van der Waals surface area contributed by atoms with E-state index in [-0.39, 0.29) is 18.2 Å². The first-order chi connectivity index (χ1) is 8.13.